The van der Waals surface area contributed by atoms with E-state index in [1.54, 1.807) is 0 Å². The summed E-state index contributed by atoms with van der Waals surface area (Å²) in [5.74, 6) is 2.37. The van der Waals surface area contributed by atoms with E-state index >= 15 is 0 Å². The second-order valence-electron chi connectivity index (χ2n) is 5.02. The van der Waals surface area contributed by atoms with Gasteiger partial charge in [0.2, 0.25) is 0 Å². The van der Waals surface area contributed by atoms with Crippen LogP contribution in [-0.2, 0) is 12.8 Å². The summed E-state index contributed by atoms with van der Waals surface area (Å²) in [5.41, 5.74) is 3.82. The highest BCUT2D eigenvalue weighted by atomic mass is 16.1. The van der Waals surface area contributed by atoms with Crippen molar-refractivity contribution in [3.05, 3.63) is 41.1 Å². The van der Waals surface area contributed by atoms with Gasteiger partial charge in [-0.15, -0.1) is 6.42 Å². The van der Waals surface area contributed by atoms with Gasteiger partial charge in [-0.3, -0.25) is 9.78 Å². The minimum absolute atomic E-state index is 0.0836. The Labute approximate surface area is 118 Å². The van der Waals surface area contributed by atoms with Crippen LogP contribution in [0.1, 0.15) is 34.5 Å². The van der Waals surface area contributed by atoms with Crippen molar-refractivity contribution in [1.29, 1.82) is 0 Å². The van der Waals surface area contributed by atoms with Crippen LogP contribution >= 0.6 is 0 Å². The van der Waals surface area contributed by atoms with Gasteiger partial charge >= 0.3 is 0 Å². The number of amides is 1. The summed E-state index contributed by atoms with van der Waals surface area (Å²) in [6.07, 6.45) is 9.36. The number of terminal acetylenes is 1. The number of nitrogens with zero attached hydrogens (tertiary/aromatic N) is 1. The Balaban J connectivity index is 2.21. The molecule has 3 heteroatoms. The van der Waals surface area contributed by atoms with Crippen molar-refractivity contribution in [3.8, 4) is 12.3 Å². The van der Waals surface area contributed by atoms with E-state index in [-0.39, 0.29) is 12.5 Å². The fourth-order valence-electron chi connectivity index (χ4n) is 2.85. The molecule has 0 radical (unpaired) electrons. The zero-order valence-corrected chi connectivity index (χ0v) is 11.3. The summed E-state index contributed by atoms with van der Waals surface area (Å²) in [6.45, 7) is 0.254. The van der Waals surface area contributed by atoms with Gasteiger partial charge in [0.05, 0.1) is 17.6 Å². The fraction of sp³-hybridized carbons (Fsp3) is 0.294. The van der Waals surface area contributed by atoms with Crippen LogP contribution in [0.25, 0.3) is 10.9 Å². The van der Waals surface area contributed by atoms with E-state index in [4.69, 9.17) is 11.4 Å². The van der Waals surface area contributed by atoms with E-state index < -0.39 is 0 Å². The van der Waals surface area contributed by atoms with Gasteiger partial charge in [0.15, 0.2) is 0 Å². The molecule has 1 aromatic carbocycles. The molecule has 0 aliphatic heterocycles. The number of para-hydroxylation sites is 1. The number of hydrogen-bond donors (Lipinski definition) is 1. The average Bonchev–Trinajstić information content (AvgIpc) is 2.50. The van der Waals surface area contributed by atoms with E-state index in [0.29, 0.717) is 0 Å². The first-order chi connectivity index (χ1) is 9.81. The van der Waals surface area contributed by atoms with Gasteiger partial charge in [0, 0.05) is 11.1 Å². The first kappa shape index (κ1) is 12.7. The number of carbonyl (C=O) groups excluding carboxylic acids is 1. The quantitative estimate of drug-likeness (QED) is 0.847. The predicted molar refractivity (Wildman–Crippen MR) is 79.6 cm³/mol. The van der Waals surface area contributed by atoms with Gasteiger partial charge in [-0.2, -0.15) is 0 Å². The average molecular weight is 264 g/mol. The smallest absolute Gasteiger partial charge is 0.253 e. The summed E-state index contributed by atoms with van der Waals surface area (Å²) < 4.78 is 0. The molecule has 100 valence electrons. The molecule has 0 fully saturated rings. The first-order valence-corrected chi connectivity index (χ1v) is 6.93. The van der Waals surface area contributed by atoms with E-state index in [1.165, 1.54) is 0 Å². The molecule has 1 amide bonds. The Bertz CT molecular complexity index is 713. The predicted octanol–water partition coefficient (Wildman–Crippen LogP) is 2.48. The van der Waals surface area contributed by atoms with Crippen LogP contribution in [0.3, 0.4) is 0 Å². The SMILES string of the molecule is C#CCNC(=O)c1c2c(nc3ccccc13)CCCC2. The maximum absolute atomic E-state index is 12.5. The summed E-state index contributed by atoms with van der Waals surface area (Å²) in [5, 5.41) is 3.71. The summed E-state index contributed by atoms with van der Waals surface area (Å²) in [7, 11) is 0. The van der Waals surface area contributed by atoms with Crippen molar-refractivity contribution in [2.75, 3.05) is 6.54 Å². The van der Waals surface area contributed by atoms with Crippen LogP contribution in [0.4, 0.5) is 0 Å². The van der Waals surface area contributed by atoms with Crippen molar-refractivity contribution >= 4 is 16.8 Å². The van der Waals surface area contributed by atoms with E-state index in [9.17, 15) is 4.79 Å². The first-order valence-electron chi connectivity index (χ1n) is 6.93. The number of rotatable bonds is 2. The Kier molecular flexibility index (Phi) is 3.39. The second kappa shape index (κ2) is 5.34. The van der Waals surface area contributed by atoms with Crippen LogP contribution in [0.2, 0.25) is 0 Å². The van der Waals surface area contributed by atoms with Gasteiger partial charge in [-0.05, 0) is 37.3 Å². The lowest BCUT2D eigenvalue weighted by atomic mass is 9.89. The molecule has 1 aromatic heterocycles. The van der Waals surface area contributed by atoms with E-state index in [1.807, 2.05) is 24.3 Å². The standard InChI is InChI=1S/C17H16N2O/c1-2-11-18-17(20)16-12-7-3-5-9-14(12)19-15-10-6-4-8-13(15)16/h1,3,5,7,9H,4,6,8,10-11H2,(H,18,20). The number of aryl methyl sites for hydroxylation is 1. The minimum atomic E-state index is -0.0836. The molecule has 1 heterocycles. The van der Waals surface area contributed by atoms with E-state index in [0.717, 1.165) is 53.4 Å². The molecule has 0 saturated carbocycles. The monoisotopic (exact) mass is 264 g/mol. The van der Waals surface area contributed by atoms with E-state index in [2.05, 4.69) is 11.2 Å². The number of fused-ring (bicyclic) bond motifs is 2. The van der Waals surface area contributed by atoms with Crippen LogP contribution in [-0.4, -0.2) is 17.4 Å². The van der Waals surface area contributed by atoms with Crippen molar-refractivity contribution in [2.45, 2.75) is 25.7 Å². The van der Waals surface area contributed by atoms with Crippen molar-refractivity contribution in [3.63, 3.8) is 0 Å². The Morgan fingerprint density at radius 3 is 2.95 bits per heavy atom. The maximum atomic E-state index is 12.5. The topological polar surface area (TPSA) is 42.0 Å². The summed E-state index contributed by atoms with van der Waals surface area (Å²) in [6, 6.07) is 7.81. The highest BCUT2D eigenvalue weighted by molar-refractivity contribution is 6.07. The molecular weight excluding hydrogens is 248 g/mol. The number of carbonyl (C=O) groups is 1. The lowest BCUT2D eigenvalue weighted by Gasteiger charge is -2.20. The van der Waals surface area contributed by atoms with Crippen molar-refractivity contribution in [1.82, 2.24) is 10.3 Å². The molecule has 1 aliphatic rings. The Hall–Kier alpha value is -2.34. The van der Waals surface area contributed by atoms with Gasteiger partial charge in [-0.25, -0.2) is 0 Å². The Morgan fingerprint density at radius 2 is 2.10 bits per heavy atom. The maximum Gasteiger partial charge on any atom is 0.253 e. The molecule has 20 heavy (non-hydrogen) atoms. The number of aromatic nitrogens is 1. The number of nitrogens with one attached hydrogen (secondary N) is 1. The molecule has 1 aliphatic carbocycles. The minimum Gasteiger partial charge on any atom is -0.341 e. The molecule has 0 spiro atoms. The van der Waals surface area contributed by atoms with Crippen LogP contribution in [0, 0.1) is 12.3 Å². The molecule has 0 saturated heterocycles. The van der Waals surface area contributed by atoms with Gasteiger partial charge in [-0.1, -0.05) is 24.1 Å². The van der Waals surface area contributed by atoms with Gasteiger partial charge < -0.3 is 5.32 Å². The van der Waals surface area contributed by atoms with Crippen molar-refractivity contribution in [2.24, 2.45) is 0 Å². The van der Waals surface area contributed by atoms with Crippen LogP contribution in [0.15, 0.2) is 24.3 Å². The summed E-state index contributed by atoms with van der Waals surface area (Å²) >= 11 is 0. The molecular formula is C17H16N2O. The molecule has 0 bridgehead atoms. The number of pyridine rings is 1. The second-order valence-corrected chi connectivity index (χ2v) is 5.02. The molecule has 0 atom stereocenters. The largest absolute Gasteiger partial charge is 0.341 e. The molecule has 0 unspecified atom stereocenters. The molecule has 1 N–H and O–H groups in total. The zero-order valence-electron chi connectivity index (χ0n) is 11.3. The summed E-state index contributed by atoms with van der Waals surface area (Å²) in [4.78, 5) is 17.2. The third-order valence-electron chi connectivity index (χ3n) is 3.75. The van der Waals surface area contributed by atoms with Gasteiger partial charge in [0.25, 0.3) is 5.91 Å². The third kappa shape index (κ3) is 2.14. The normalized spacial score (nSPS) is 13.6. The third-order valence-corrected chi connectivity index (χ3v) is 3.75. The zero-order chi connectivity index (χ0) is 13.9. The van der Waals surface area contributed by atoms with Crippen LogP contribution < -0.4 is 5.32 Å². The van der Waals surface area contributed by atoms with Crippen molar-refractivity contribution < 1.29 is 4.79 Å². The fourth-order valence-corrected chi connectivity index (χ4v) is 2.85. The molecule has 2 aromatic rings. The lowest BCUT2D eigenvalue weighted by Crippen LogP contribution is -2.26. The number of benzene rings is 1. The molecule has 3 rings (SSSR count). The lowest BCUT2D eigenvalue weighted by molar-refractivity contribution is 0.0959. The van der Waals surface area contributed by atoms with Gasteiger partial charge in [0.1, 0.15) is 0 Å². The molecule has 3 nitrogen and oxygen atoms in total. The Morgan fingerprint density at radius 1 is 1.30 bits per heavy atom. The number of hydrogen-bond acceptors (Lipinski definition) is 2. The highest BCUT2D eigenvalue weighted by Crippen LogP contribution is 2.29. The van der Waals surface area contributed by atoms with Crippen LogP contribution in [0.5, 0.6) is 0 Å². The highest BCUT2D eigenvalue weighted by Gasteiger charge is 2.21.